The number of hydrogen-bond donors (Lipinski definition) is 1. The van der Waals surface area contributed by atoms with Gasteiger partial charge in [-0.2, -0.15) is 0 Å². The summed E-state index contributed by atoms with van der Waals surface area (Å²) in [5.74, 6) is 0.331. The van der Waals surface area contributed by atoms with Gasteiger partial charge in [0.05, 0.1) is 11.6 Å². The number of fused-ring (bicyclic) bond motifs is 1. The number of aryl methyl sites for hydroxylation is 1. The van der Waals surface area contributed by atoms with Crippen LogP contribution >= 0.6 is 0 Å². The molecule has 1 aromatic carbocycles. The Bertz CT molecular complexity index is 493. The molecule has 1 heterocycles. The van der Waals surface area contributed by atoms with Gasteiger partial charge in [-0.05, 0) is 42.5 Å². The second-order valence-electron chi connectivity index (χ2n) is 4.88. The zero-order valence-corrected chi connectivity index (χ0v) is 10.4. The Hall–Kier alpha value is -1.41. The lowest BCUT2D eigenvalue weighted by molar-refractivity contribution is 0.116. The standard InChI is InChI=1S/C15H19NO/c1-11(2)15(17)8-6-12-5-7-14-13(10-12)4-3-9-16-14/h3-5,7,9-11,15,17H,6,8H2,1-2H3. The maximum Gasteiger partial charge on any atom is 0.0702 e. The average molecular weight is 229 g/mol. The number of pyridine rings is 1. The Morgan fingerprint density at radius 3 is 2.82 bits per heavy atom. The van der Waals surface area contributed by atoms with Crippen LogP contribution in [0.15, 0.2) is 36.5 Å². The average Bonchev–Trinajstić information content (AvgIpc) is 2.35. The zero-order valence-electron chi connectivity index (χ0n) is 10.4. The highest BCUT2D eigenvalue weighted by Gasteiger charge is 2.09. The molecule has 2 nitrogen and oxygen atoms in total. The van der Waals surface area contributed by atoms with Crippen molar-refractivity contribution in [1.29, 1.82) is 0 Å². The molecule has 2 aromatic rings. The SMILES string of the molecule is CC(C)C(O)CCc1ccc2ncccc2c1. The summed E-state index contributed by atoms with van der Waals surface area (Å²) in [6.07, 6.45) is 3.35. The van der Waals surface area contributed by atoms with Crippen LogP contribution in [0.4, 0.5) is 0 Å². The minimum absolute atomic E-state index is 0.209. The summed E-state index contributed by atoms with van der Waals surface area (Å²) >= 11 is 0. The van der Waals surface area contributed by atoms with Crippen molar-refractivity contribution in [2.24, 2.45) is 5.92 Å². The summed E-state index contributed by atoms with van der Waals surface area (Å²) in [7, 11) is 0. The number of aliphatic hydroxyl groups is 1. The number of aliphatic hydroxyl groups excluding tert-OH is 1. The summed E-state index contributed by atoms with van der Waals surface area (Å²) in [5.41, 5.74) is 2.30. The fourth-order valence-electron chi connectivity index (χ4n) is 1.93. The van der Waals surface area contributed by atoms with E-state index in [4.69, 9.17) is 0 Å². The molecule has 1 unspecified atom stereocenters. The molecule has 0 bridgehead atoms. The van der Waals surface area contributed by atoms with Crippen LogP contribution in [0, 0.1) is 5.92 Å². The molecule has 0 aliphatic heterocycles. The summed E-state index contributed by atoms with van der Waals surface area (Å²) < 4.78 is 0. The maximum atomic E-state index is 9.79. The predicted molar refractivity (Wildman–Crippen MR) is 70.9 cm³/mol. The number of rotatable bonds is 4. The zero-order chi connectivity index (χ0) is 12.3. The van der Waals surface area contributed by atoms with Crippen LogP contribution in [-0.4, -0.2) is 16.2 Å². The molecule has 0 radical (unpaired) electrons. The summed E-state index contributed by atoms with van der Waals surface area (Å²) in [6, 6.07) is 10.3. The highest BCUT2D eigenvalue weighted by atomic mass is 16.3. The first kappa shape index (κ1) is 12.1. The van der Waals surface area contributed by atoms with Gasteiger partial charge in [-0.3, -0.25) is 4.98 Å². The van der Waals surface area contributed by atoms with E-state index in [0.29, 0.717) is 5.92 Å². The first-order valence-corrected chi connectivity index (χ1v) is 6.18. The Kier molecular flexibility index (Phi) is 3.75. The molecule has 1 atom stereocenters. The van der Waals surface area contributed by atoms with Gasteiger partial charge in [0.15, 0.2) is 0 Å². The van der Waals surface area contributed by atoms with Crippen molar-refractivity contribution in [3.8, 4) is 0 Å². The van der Waals surface area contributed by atoms with Gasteiger partial charge in [-0.25, -0.2) is 0 Å². The third-order valence-corrected chi connectivity index (χ3v) is 3.17. The molecule has 1 aromatic heterocycles. The Morgan fingerprint density at radius 1 is 1.24 bits per heavy atom. The normalized spacial score (nSPS) is 13.2. The first-order chi connectivity index (χ1) is 8.16. The molecule has 0 spiro atoms. The van der Waals surface area contributed by atoms with E-state index >= 15 is 0 Å². The van der Waals surface area contributed by atoms with E-state index in [1.54, 1.807) is 0 Å². The molecule has 0 saturated carbocycles. The third-order valence-electron chi connectivity index (χ3n) is 3.17. The van der Waals surface area contributed by atoms with Crippen molar-refractivity contribution in [2.75, 3.05) is 0 Å². The van der Waals surface area contributed by atoms with Gasteiger partial charge in [-0.1, -0.05) is 26.0 Å². The van der Waals surface area contributed by atoms with Crippen LogP contribution in [-0.2, 0) is 6.42 Å². The molecule has 1 N–H and O–H groups in total. The van der Waals surface area contributed by atoms with Crippen molar-refractivity contribution in [3.63, 3.8) is 0 Å². The molecular formula is C15H19NO. The van der Waals surface area contributed by atoms with Crippen molar-refractivity contribution in [2.45, 2.75) is 32.8 Å². The van der Waals surface area contributed by atoms with Crippen LogP contribution in [0.25, 0.3) is 10.9 Å². The minimum atomic E-state index is -0.209. The van der Waals surface area contributed by atoms with E-state index in [1.807, 2.05) is 18.3 Å². The smallest absolute Gasteiger partial charge is 0.0702 e. The van der Waals surface area contributed by atoms with Crippen molar-refractivity contribution in [1.82, 2.24) is 4.98 Å². The predicted octanol–water partition coefficient (Wildman–Crippen LogP) is 3.18. The van der Waals surface area contributed by atoms with Gasteiger partial charge < -0.3 is 5.11 Å². The molecule has 2 heteroatoms. The molecular weight excluding hydrogens is 210 g/mol. The summed E-state index contributed by atoms with van der Waals surface area (Å²) in [5, 5.41) is 11.0. The van der Waals surface area contributed by atoms with Crippen LogP contribution in [0.3, 0.4) is 0 Å². The minimum Gasteiger partial charge on any atom is -0.393 e. The molecule has 17 heavy (non-hydrogen) atoms. The van der Waals surface area contributed by atoms with E-state index < -0.39 is 0 Å². The van der Waals surface area contributed by atoms with E-state index in [-0.39, 0.29) is 6.10 Å². The molecule has 0 saturated heterocycles. The largest absolute Gasteiger partial charge is 0.393 e. The lowest BCUT2D eigenvalue weighted by atomic mass is 9.99. The Morgan fingerprint density at radius 2 is 2.06 bits per heavy atom. The quantitative estimate of drug-likeness (QED) is 0.873. The van der Waals surface area contributed by atoms with Gasteiger partial charge in [0, 0.05) is 11.6 Å². The van der Waals surface area contributed by atoms with Gasteiger partial charge in [0.1, 0.15) is 0 Å². The lowest BCUT2D eigenvalue weighted by Gasteiger charge is -2.14. The monoisotopic (exact) mass is 229 g/mol. The second kappa shape index (κ2) is 5.28. The summed E-state index contributed by atoms with van der Waals surface area (Å²) in [4.78, 5) is 4.30. The van der Waals surface area contributed by atoms with E-state index in [1.165, 1.54) is 10.9 Å². The third kappa shape index (κ3) is 3.04. The number of nitrogens with zero attached hydrogens (tertiary/aromatic N) is 1. The number of hydrogen-bond acceptors (Lipinski definition) is 2. The lowest BCUT2D eigenvalue weighted by Crippen LogP contribution is -2.15. The van der Waals surface area contributed by atoms with E-state index in [9.17, 15) is 5.11 Å². The highest BCUT2D eigenvalue weighted by molar-refractivity contribution is 5.78. The number of aromatic nitrogens is 1. The topological polar surface area (TPSA) is 33.1 Å². The van der Waals surface area contributed by atoms with E-state index in [2.05, 4.69) is 37.0 Å². The maximum absolute atomic E-state index is 9.79. The van der Waals surface area contributed by atoms with Crippen molar-refractivity contribution < 1.29 is 5.11 Å². The van der Waals surface area contributed by atoms with Crippen LogP contribution < -0.4 is 0 Å². The molecule has 0 aliphatic rings. The molecule has 90 valence electrons. The van der Waals surface area contributed by atoms with Crippen LogP contribution in [0.5, 0.6) is 0 Å². The fraction of sp³-hybridized carbons (Fsp3) is 0.400. The van der Waals surface area contributed by atoms with Gasteiger partial charge in [0.25, 0.3) is 0 Å². The molecule has 0 amide bonds. The first-order valence-electron chi connectivity index (χ1n) is 6.18. The van der Waals surface area contributed by atoms with Gasteiger partial charge >= 0.3 is 0 Å². The van der Waals surface area contributed by atoms with Gasteiger partial charge in [-0.15, -0.1) is 0 Å². The molecule has 0 fully saturated rings. The molecule has 2 rings (SSSR count). The van der Waals surface area contributed by atoms with Crippen molar-refractivity contribution in [3.05, 3.63) is 42.1 Å². The van der Waals surface area contributed by atoms with Crippen molar-refractivity contribution >= 4 is 10.9 Å². The summed E-state index contributed by atoms with van der Waals surface area (Å²) in [6.45, 7) is 4.10. The molecule has 0 aliphatic carbocycles. The second-order valence-corrected chi connectivity index (χ2v) is 4.88. The number of benzene rings is 1. The van der Waals surface area contributed by atoms with Gasteiger partial charge in [0.2, 0.25) is 0 Å². The van der Waals surface area contributed by atoms with E-state index in [0.717, 1.165) is 18.4 Å². The fourth-order valence-corrected chi connectivity index (χ4v) is 1.93. The Labute approximate surface area is 102 Å². The van der Waals surface area contributed by atoms with Crippen LogP contribution in [0.2, 0.25) is 0 Å². The highest BCUT2D eigenvalue weighted by Crippen LogP contribution is 2.16. The Balaban J connectivity index is 2.09. The van der Waals surface area contributed by atoms with Crippen LogP contribution in [0.1, 0.15) is 25.8 Å².